The van der Waals surface area contributed by atoms with Gasteiger partial charge in [0, 0.05) is 0 Å². The number of hydrogen-bond acceptors (Lipinski definition) is 6. The Labute approximate surface area is 85.5 Å². The highest BCUT2D eigenvalue weighted by Crippen LogP contribution is 2.36. The van der Waals surface area contributed by atoms with E-state index in [1.54, 1.807) is 0 Å². The van der Waals surface area contributed by atoms with Gasteiger partial charge in [0.05, 0.1) is 7.11 Å². The summed E-state index contributed by atoms with van der Waals surface area (Å²) in [6.45, 7) is 0. The summed E-state index contributed by atoms with van der Waals surface area (Å²) in [6.07, 6.45) is 0. The molecule has 1 aromatic rings. The number of hydrogen-bond donors (Lipinski definition) is 4. The van der Waals surface area contributed by atoms with E-state index in [2.05, 4.69) is 4.74 Å². The normalized spacial score (nSPS) is 12.1. The number of benzene rings is 1. The van der Waals surface area contributed by atoms with Gasteiger partial charge in [-0.2, -0.15) is 0 Å². The number of aromatic hydroxyl groups is 3. The van der Waals surface area contributed by atoms with E-state index in [9.17, 15) is 4.79 Å². The van der Waals surface area contributed by atoms with E-state index in [1.807, 2.05) is 0 Å². The molecule has 6 heteroatoms. The number of phenolic OH excluding ortho intramolecular Hbond substituents is 3. The number of esters is 1. The van der Waals surface area contributed by atoms with E-state index >= 15 is 0 Å². The van der Waals surface area contributed by atoms with Gasteiger partial charge < -0.3 is 25.8 Å². The van der Waals surface area contributed by atoms with Crippen LogP contribution < -0.4 is 5.73 Å². The SMILES string of the molecule is COC(=O)C(N)c1cc(O)c(O)c(O)c1. The number of carbonyl (C=O) groups is 1. The molecule has 0 aromatic heterocycles. The summed E-state index contributed by atoms with van der Waals surface area (Å²) in [5, 5.41) is 27.4. The summed E-state index contributed by atoms with van der Waals surface area (Å²) in [4.78, 5) is 11.0. The Morgan fingerprint density at radius 2 is 1.80 bits per heavy atom. The smallest absolute Gasteiger partial charge is 0.327 e. The molecular formula is C9H11NO5. The van der Waals surface area contributed by atoms with Crippen LogP contribution >= 0.6 is 0 Å². The van der Waals surface area contributed by atoms with Gasteiger partial charge in [-0.3, -0.25) is 4.79 Å². The largest absolute Gasteiger partial charge is 0.504 e. The average molecular weight is 213 g/mol. The minimum atomic E-state index is -1.12. The third kappa shape index (κ3) is 2.10. The molecular weight excluding hydrogens is 202 g/mol. The minimum Gasteiger partial charge on any atom is -0.504 e. The highest BCUT2D eigenvalue weighted by molar-refractivity contribution is 5.78. The number of ether oxygens (including phenoxy) is 1. The quantitative estimate of drug-likeness (QED) is 0.405. The Balaban J connectivity index is 3.11. The number of methoxy groups -OCH3 is 1. The van der Waals surface area contributed by atoms with Gasteiger partial charge in [-0.15, -0.1) is 0 Å². The zero-order valence-corrected chi connectivity index (χ0v) is 7.97. The van der Waals surface area contributed by atoms with Crippen molar-refractivity contribution in [3.63, 3.8) is 0 Å². The second-order valence-corrected chi connectivity index (χ2v) is 2.91. The lowest BCUT2D eigenvalue weighted by Gasteiger charge is -2.11. The first-order valence-electron chi connectivity index (χ1n) is 4.05. The van der Waals surface area contributed by atoms with Crippen LogP contribution in [0.3, 0.4) is 0 Å². The molecule has 1 rings (SSSR count). The fraction of sp³-hybridized carbons (Fsp3) is 0.222. The van der Waals surface area contributed by atoms with Crippen molar-refractivity contribution in [3.05, 3.63) is 17.7 Å². The number of phenols is 3. The summed E-state index contributed by atoms with van der Waals surface area (Å²) >= 11 is 0. The molecule has 0 amide bonds. The molecule has 1 unspecified atom stereocenters. The Morgan fingerprint density at radius 3 is 2.20 bits per heavy atom. The molecule has 0 fully saturated rings. The molecule has 0 saturated heterocycles. The lowest BCUT2D eigenvalue weighted by molar-refractivity contribution is -0.142. The van der Waals surface area contributed by atoms with Crippen molar-refractivity contribution in [2.45, 2.75) is 6.04 Å². The number of nitrogens with two attached hydrogens (primary N) is 1. The van der Waals surface area contributed by atoms with Crippen molar-refractivity contribution < 1.29 is 24.9 Å². The summed E-state index contributed by atoms with van der Waals surface area (Å²) in [5.41, 5.74) is 5.61. The van der Waals surface area contributed by atoms with Crippen LogP contribution in [0.2, 0.25) is 0 Å². The summed E-state index contributed by atoms with van der Waals surface area (Å²) in [7, 11) is 1.17. The topological polar surface area (TPSA) is 113 Å². The van der Waals surface area contributed by atoms with Gasteiger partial charge >= 0.3 is 5.97 Å². The van der Waals surface area contributed by atoms with Crippen LogP contribution in [-0.2, 0) is 9.53 Å². The zero-order valence-electron chi connectivity index (χ0n) is 7.97. The molecule has 0 radical (unpaired) electrons. The first-order valence-corrected chi connectivity index (χ1v) is 4.05. The van der Waals surface area contributed by atoms with E-state index in [1.165, 1.54) is 7.11 Å². The summed E-state index contributed by atoms with van der Waals surface area (Å²) in [6, 6.07) is 1.04. The first-order chi connectivity index (χ1) is 6.97. The lowest BCUT2D eigenvalue weighted by atomic mass is 10.1. The molecule has 0 spiro atoms. The second-order valence-electron chi connectivity index (χ2n) is 2.91. The van der Waals surface area contributed by atoms with Gasteiger partial charge in [0.25, 0.3) is 0 Å². The molecule has 1 aromatic carbocycles. The van der Waals surface area contributed by atoms with Crippen LogP contribution in [0.25, 0.3) is 0 Å². The second kappa shape index (κ2) is 4.05. The van der Waals surface area contributed by atoms with Crippen LogP contribution in [-0.4, -0.2) is 28.4 Å². The monoisotopic (exact) mass is 213 g/mol. The maximum atomic E-state index is 11.0. The predicted octanol–water partition coefficient (Wildman–Crippen LogP) is -0.0238. The van der Waals surface area contributed by atoms with Crippen molar-refractivity contribution in [3.8, 4) is 17.2 Å². The number of rotatable bonds is 2. The van der Waals surface area contributed by atoms with Crippen molar-refractivity contribution in [2.24, 2.45) is 5.73 Å². The van der Waals surface area contributed by atoms with E-state index in [0.717, 1.165) is 12.1 Å². The van der Waals surface area contributed by atoms with Gasteiger partial charge in [-0.05, 0) is 17.7 Å². The van der Waals surface area contributed by atoms with Crippen LogP contribution in [0, 0.1) is 0 Å². The maximum Gasteiger partial charge on any atom is 0.327 e. The van der Waals surface area contributed by atoms with Gasteiger partial charge in [-0.25, -0.2) is 0 Å². The van der Waals surface area contributed by atoms with Crippen molar-refractivity contribution >= 4 is 5.97 Å². The highest BCUT2D eigenvalue weighted by Gasteiger charge is 2.19. The van der Waals surface area contributed by atoms with Crippen molar-refractivity contribution in [2.75, 3.05) is 7.11 Å². The first kappa shape index (κ1) is 11.1. The summed E-state index contributed by atoms with van der Waals surface area (Å²) < 4.78 is 4.39. The fourth-order valence-electron chi connectivity index (χ4n) is 1.07. The summed E-state index contributed by atoms with van der Waals surface area (Å²) in [5.74, 6) is -2.47. The van der Waals surface area contributed by atoms with Crippen molar-refractivity contribution in [1.82, 2.24) is 0 Å². The minimum absolute atomic E-state index is 0.148. The Morgan fingerprint density at radius 1 is 1.33 bits per heavy atom. The van der Waals surface area contributed by atoms with Crippen LogP contribution in [0.1, 0.15) is 11.6 Å². The molecule has 82 valence electrons. The molecule has 0 saturated carbocycles. The van der Waals surface area contributed by atoms with Crippen molar-refractivity contribution in [1.29, 1.82) is 0 Å². The van der Waals surface area contributed by atoms with Gasteiger partial charge in [0.1, 0.15) is 6.04 Å². The molecule has 5 N–H and O–H groups in total. The molecule has 1 atom stereocenters. The standard InChI is InChI=1S/C9H11NO5/c1-15-9(14)7(10)4-2-5(11)8(13)6(12)3-4/h2-3,7,11-13H,10H2,1H3. The average Bonchev–Trinajstić information content (AvgIpc) is 2.23. The maximum absolute atomic E-state index is 11.0. The zero-order chi connectivity index (χ0) is 11.6. The predicted molar refractivity (Wildman–Crippen MR) is 50.4 cm³/mol. The molecule has 0 aliphatic heterocycles. The Kier molecular flexibility index (Phi) is 3.01. The van der Waals surface area contributed by atoms with Crippen LogP contribution in [0.4, 0.5) is 0 Å². The lowest BCUT2D eigenvalue weighted by Crippen LogP contribution is -2.22. The van der Waals surface area contributed by atoms with Crippen LogP contribution in [0.15, 0.2) is 12.1 Å². The highest BCUT2D eigenvalue weighted by atomic mass is 16.5. The van der Waals surface area contributed by atoms with E-state index in [-0.39, 0.29) is 5.56 Å². The Bertz CT molecular complexity index is 367. The third-order valence-electron chi connectivity index (χ3n) is 1.91. The molecule has 0 bridgehead atoms. The molecule has 0 aliphatic carbocycles. The van der Waals surface area contributed by atoms with Crippen LogP contribution in [0.5, 0.6) is 17.2 Å². The Hall–Kier alpha value is -1.95. The third-order valence-corrected chi connectivity index (χ3v) is 1.91. The van der Waals surface area contributed by atoms with Gasteiger partial charge in [0.15, 0.2) is 17.2 Å². The molecule has 0 heterocycles. The van der Waals surface area contributed by atoms with E-state index in [4.69, 9.17) is 21.1 Å². The molecule has 6 nitrogen and oxygen atoms in total. The molecule has 0 aliphatic rings. The fourth-order valence-corrected chi connectivity index (χ4v) is 1.07. The van der Waals surface area contributed by atoms with E-state index < -0.39 is 29.3 Å². The number of carbonyl (C=O) groups excluding carboxylic acids is 1. The van der Waals surface area contributed by atoms with Gasteiger partial charge in [-0.1, -0.05) is 0 Å². The van der Waals surface area contributed by atoms with Gasteiger partial charge in [0.2, 0.25) is 0 Å². The van der Waals surface area contributed by atoms with E-state index in [0.29, 0.717) is 0 Å². The molecule has 15 heavy (non-hydrogen) atoms.